The molecule has 0 radical (unpaired) electrons. The van der Waals surface area contributed by atoms with Gasteiger partial charge >= 0.3 is 5.97 Å². The van der Waals surface area contributed by atoms with Gasteiger partial charge in [-0.2, -0.15) is 0 Å². The quantitative estimate of drug-likeness (QED) is 0.744. The summed E-state index contributed by atoms with van der Waals surface area (Å²) >= 11 is 0. The predicted molar refractivity (Wildman–Crippen MR) is 53.5 cm³/mol. The Hall–Kier alpha value is -1.10. The van der Waals surface area contributed by atoms with E-state index in [0.29, 0.717) is 19.7 Å². The van der Waals surface area contributed by atoms with Crippen LogP contribution in [-0.4, -0.2) is 47.2 Å². The highest BCUT2D eigenvalue weighted by atomic mass is 16.5. The Morgan fingerprint density at radius 1 is 1.40 bits per heavy atom. The molecule has 1 fully saturated rings. The molecule has 0 unspecified atom stereocenters. The van der Waals surface area contributed by atoms with E-state index in [-0.39, 0.29) is 24.3 Å². The number of nitrogens with zero attached hydrogens (tertiary/aromatic N) is 1. The van der Waals surface area contributed by atoms with E-state index >= 15 is 0 Å². The van der Waals surface area contributed by atoms with Crippen LogP contribution in [0.5, 0.6) is 0 Å². The number of carbonyl (C=O) groups is 2. The Bertz CT molecular complexity index is 262. The van der Waals surface area contributed by atoms with Crippen molar-refractivity contribution in [1.82, 2.24) is 4.90 Å². The summed E-state index contributed by atoms with van der Waals surface area (Å²) in [7, 11) is 0. The van der Waals surface area contributed by atoms with Crippen molar-refractivity contribution in [3.63, 3.8) is 0 Å². The number of carbonyl (C=O) groups excluding carboxylic acids is 1. The molecule has 1 N–H and O–H groups in total. The smallest absolute Gasteiger partial charge is 0.303 e. The summed E-state index contributed by atoms with van der Waals surface area (Å²) in [5.74, 6) is -1.04. The predicted octanol–water partition coefficient (Wildman–Crippen LogP) is 0.489. The van der Waals surface area contributed by atoms with Crippen LogP contribution in [0.15, 0.2) is 0 Å². The Kier molecular flexibility index (Phi) is 3.68. The highest BCUT2D eigenvalue weighted by Crippen LogP contribution is 2.17. The van der Waals surface area contributed by atoms with Gasteiger partial charge in [-0.1, -0.05) is 0 Å². The second kappa shape index (κ2) is 4.61. The van der Waals surface area contributed by atoms with Gasteiger partial charge in [-0.25, -0.2) is 0 Å². The molecule has 5 nitrogen and oxygen atoms in total. The number of ether oxygens (including phenoxy) is 1. The average Bonchev–Trinajstić information content (AvgIpc) is 2.12. The number of carboxylic acids is 1. The normalized spacial score (nSPS) is 20.0. The lowest BCUT2D eigenvalue weighted by Crippen LogP contribution is -2.50. The van der Waals surface area contributed by atoms with Crippen LogP contribution in [0.4, 0.5) is 0 Å². The first-order valence-electron chi connectivity index (χ1n) is 5.04. The largest absolute Gasteiger partial charge is 0.481 e. The van der Waals surface area contributed by atoms with E-state index in [9.17, 15) is 9.59 Å². The van der Waals surface area contributed by atoms with Crippen LogP contribution in [0.2, 0.25) is 0 Å². The fraction of sp³-hybridized carbons (Fsp3) is 0.800. The van der Waals surface area contributed by atoms with Gasteiger partial charge in [0.2, 0.25) is 5.91 Å². The number of morpholine rings is 1. The highest BCUT2D eigenvalue weighted by molar-refractivity contribution is 5.80. The number of rotatable bonds is 3. The summed E-state index contributed by atoms with van der Waals surface area (Å²) in [6, 6.07) is 0. The van der Waals surface area contributed by atoms with Gasteiger partial charge in [-0.3, -0.25) is 9.59 Å². The zero-order valence-corrected chi connectivity index (χ0v) is 9.15. The first kappa shape index (κ1) is 12.0. The van der Waals surface area contributed by atoms with Gasteiger partial charge in [0, 0.05) is 19.5 Å². The molecule has 0 bridgehead atoms. The summed E-state index contributed by atoms with van der Waals surface area (Å²) in [6.45, 7) is 5.45. The van der Waals surface area contributed by atoms with Gasteiger partial charge in [0.25, 0.3) is 0 Å². The fourth-order valence-electron chi connectivity index (χ4n) is 1.60. The summed E-state index contributed by atoms with van der Waals surface area (Å²) < 4.78 is 5.46. The number of hydrogen-bond donors (Lipinski definition) is 1. The van der Waals surface area contributed by atoms with Crippen LogP contribution in [-0.2, 0) is 14.3 Å². The first-order chi connectivity index (χ1) is 6.91. The molecule has 0 aromatic rings. The van der Waals surface area contributed by atoms with E-state index in [2.05, 4.69) is 0 Å². The summed E-state index contributed by atoms with van der Waals surface area (Å²) in [5, 5.41) is 8.47. The molecule has 0 saturated carbocycles. The minimum absolute atomic E-state index is 0.0748. The Morgan fingerprint density at radius 2 is 2.07 bits per heavy atom. The molecule has 86 valence electrons. The van der Waals surface area contributed by atoms with Crippen LogP contribution < -0.4 is 0 Å². The lowest BCUT2D eigenvalue weighted by atomic mass is 10.1. The molecular formula is C10H17NO4. The molecular weight excluding hydrogens is 198 g/mol. The molecule has 15 heavy (non-hydrogen) atoms. The topological polar surface area (TPSA) is 66.8 Å². The summed E-state index contributed by atoms with van der Waals surface area (Å²) in [5.41, 5.74) is -0.322. The van der Waals surface area contributed by atoms with Gasteiger partial charge in [-0.15, -0.1) is 0 Å². The molecule has 0 atom stereocenters. The average molecular weight is 215 g/mol. The maximum absolute atomic E-state index is 11.6. The first-order valence-corrected chi connectivity index (χ1v) is 5.04. The molecule has 1 amide bonds. The molecule has 0 aliphatic carbocycles. The molecule has 0 aromatic heterocycles. The monoisotopic (exact) mass is 215 g/mol. The third kappa shape index (κ3) is 3.87. The molecule has 5 heteroatoms. The van der Waals surface area contributed by atoms with E-state index in [4.69, 9.17) is 9.84 Å². The van der Waals surface area contributed by atoms with Crippen molar-refractivity contribution in [2.45, 2.75) is 32.3 Å². The van der Waals surface area contributed by atoms with Gasteiger partial charge in [-0.05, 0) is 13.8 Å². The van der Waals surface area contributed by atoms with Crippen molar-refractivity contribution in [1.29, 1.82) is 0 Å². The van der Waals surface area contributed by atoms with Crippen LogP contribution in [0.1, 0.15) is 26.7 Å². The SMILES string of the molecule is CC1(C)CN(C(=O)CCC(=O)O)CCO1. The Labute approximate surface area is 89.0 Å². The van der Waals surface area contributed by atoms with Crippen molar-refractivity contribution in [2.75, 3.05) is 19.7 Å². The standard InChI is InChI=1S/C10H17NO4/c1-10(2)7-11(5-6-15-10)8(12)3-4-9(13)14/h3-7H2,1-2H3,(H,13,14). The van der Waals surface area contributed by atoms with Gasteiger partial charge in [0.1, 0.15) is 0 Å². The third-order valence-corrected chi connectivity index (χ3v) is 2.33. The van der Waals surface area contributed by atoms with Gasteiger partial charge < -0.3 is 14.7 Å². The number of aliphatic carboxylic acids is 1. The Morgan fingerprint density at radius 3 is 2.60 bits per heavy atom. The fourth-order valence-corrected chi connectivity index (χ4v) is 1.60. The van der Waals surface area contributed by atoms with Crippen LogP contribution in [0, 0.1) is 0 Å². The molecule has 1 aliphatic rings. The third-order valence-electron chi connectivity index (χ3n) is 2.33. The van der Waals surface area contributed by atoms with E-state index < -0.39 is 5.97 Å². The molecule has 0 aromatic carbocycles. The summed E-state index contributed by atoms with van der Waals surface area (Å²) in [6.07, 6.45) is -0.0258. The van der Waals surface area contributed by atoms with E-state index in [1.807, 2.05) is 13.8 Å². The molecule has 1 rings (SSSR count). The zero-order chi connectivity index (χ0) is 11.5. The molecule has 1 aliphatic heterocycles. The number of amides is 1. The van der Waals surface area contributed by atoms with Crippen molar-refractivity contribution in [3.8, 4) is 0 Å². The van der Waals surface area contributed by atoms with Crippen molar-refractivity contribution < 1.29 is 19.4 Å². The second-order valence-corrected chi connectivity index (χ2v) is 4.32. The maximum Gasteiger partial charge on any atom is 0.303 e. The lowest BCUT2D eigenvalue weighted by Gasteiger charge is -2.38. The van der Waals surface area contributed by atoms with Crippen molar-refractivity contribution in [2.24, 2.45) is 0 Å². The minimum Gasteiger partial charge on any atom is -0.481 e. The van der Waals surface area contributed by atoms with Crippen molar-refractivity contribution in [3.05, 3.63) is 0 Å². The van der Waals surface area contributed by atoms with Crippen LogP contribution in [0.25, 0.3) is 0 Å². The highest BCUT2D eigenvalue weighted by Gasteiger charge is 2.29. The number of carboxylic acid groups (broad SMARTS) is 1. The van der Waals surface area contributed by atoms with Crippen LogP contribution in [0.3, 0.4) is 0 Å². The number of hydrogen-bond acceptors (Lipinski definition) is 3. The van der Waals surface area contributed by atoms with E-state index in [1.54, 1.807) is 4.90 Å². The zero-order valence-electron chi connectivity index (χ0n) is 9.15. The molecule has 1 heterocycles. The second-order valence-electron chi connectivity index (χ2n) is 4.32. The molecule has 1 saturated heterocycles. The minimum atomic E-state index is -0.934. The van der Waals surface area contributed by atoms with Gasteiger partial charge in [0.05, 0.1) is 18.6 Å². The van der Waals surface area contributed by atoms with E-state index in [1.165, 1.54) is 0 Å². The summed E-state index contributed by atoms with van der Waals surface area (Å²) in [4.78, 5) is 23.6. The lowest BCUT2D eigenvalue weighted by molar-refractivity contribution is -0.148. The maximum atomic E-state index is 11.6. The Balaban J connectivity index is 2.42. The van der Waals surface area contributed by atoms with Crippen molar-refractivity contribution >= 4 is 11.9 Å². The molecule has 0 spiro atoms. The van der Waals surface area contributed by atoms with E-state index in [0.717, 1.165) is 0 Å². The van der Waals surface area contributed by atoms with Crippen LogP contribution >= 0.6 is 0 Å². The van der Waals surface area contributed by atoms with Gasteiger partial charge in [0.15, 0.2) is 0 Å².